The van der Waals surface area contributed by atoms with Crippen LogP contribution < -0.4 is 0 Å². The van der Waals surface area contributed by atoms with E-state index in [9.17, 15) is 0 Å². The Balaban J connectivity index is 0.000000352. The van der Waals surface area contributed by atoms with Gasteiger partial charge in [-0.25, -0.2) is 18.2 Å². The van der Waals surface area contributed by atoms with Crippen molar-refractivity contribution in [2.75, 3.05) is 13.2 Å². The molecule has 0 saturated heterocycles. The van der Waals surface area contributed by atoms with Crippen LogP contribution in [-0.2, 0) is 28.4 Å². The summed E-state index contributed by atoms with van der Waals surface area (Å²) in [5.74, 6) is 0. The summed E-state index contributed by atoms with van der Waals surface area (Å²) >= 11 is 5.46. The number of aliphatic hydroxyl groups excluding tert-OH is 1. The van der Waals surface area contributed by atoms with E-state index in [1.807, 2.05) is 48.5 Å². The van der Waals surface area contributed by atoms with Crippen LogP contribution in [0.2, 0.25) is 5.02 Å². The smallest absolute Gasteiger partial charge is 0.396 e. The van der Waals surface area contributed by atoms with Crippen LogP contribution in [0.25, 0.3) is 0 Å². The van der Waals surface area contributed by atoms with Crippen molar-refractivity contribution >= 4 is 11.6 Å². The molecule has 0 spiro atoms. The fraction of sp³-hybridized carbons (Fsp3) is 0.286. The fourth-order valence-electron chi connectivity index (χ4n) is 1.22. The number of ether oxygens (including phenoxy) is 1. The average molecular weight is 309 g/mol. The minimum atomic E-state index is 0. The fourth-order valence-corrected chi connectivity index (χ4v) is 1.36. The van der Waals surface area contributed by atoms with Gasteiger partial charge in [-0.3, -0.25) is 0 Å². The molecule has 0 aromatic heterocycles. The molecule has 0 saturated carbocycles. The first-order valence-corrected chi connectivity index (χ1v) is 5.97. The number of rotatable bonds is 5. The third-order valence-electron chi connectivity index (χ3n) is 2.07. The Kier molecular flexibility index (Phi) is 11.2. The molecule has 100 valence electrons. The summed E-state index contributed by atoms with van der Waals surface area (Å²) in [4.78, 5) is 0. The van der Waals surface area contributed by atoms with E-state index in [4.69, 9.17) is 21.4 Å². The van der Waals surface area contributed by atoms with Gasteiger partial charge in [0.2, 0.25) is 0 Å². The van der Waals surface area contributed by atoms with Crippen molar-refractivity contribution in [2.45, 2.75) is 13.0 Å². The minimum absolute atomic E-state index is 0. The van der Waals surface area contributed by atoms with Crippen molar-refractivity contribution in [1.82, 2.24) is 0 Å². The van der Waals surface area contributed by atoms with Gasteiger partial charge in [0, 0.05) is 19.8 Å². The van der Waals surface area contributed by atoms with Crippen LogP contribution in [0.3, 0.4) is 0 Å². The second-order valence-electron chi connectivity index (χ2n) is 3.53. The molecule has 2 rings (SSSR count). The van der Waals surface area contributed by atoms with Crippen LogP contribution in [0, 0.1) is 0 Å². The van der Waals surface area contributed by atoms with Crippen molar-refractivity contribution in [3.8, 4) is 0 Å². The van der Waals surface area contributed by atoms with Crippen LogP contribution in [0.4, 0.5) is 0 Å². The van der Waals surface area contributed by atoms with Crippen molar-refractivity contribution in [3.63, 3.8) is 0 Å². The van der Waals surface area contributed by atoms with Gasteiger partial charge in [0.05, 0.1) is 0 Å². The Morgan fingerprint density at radius 1 is 1.17 bits per heavy atom. The van der Waals surface area contributed by atoms with Crippen molar-refractivity contribution in [3.05, 3.63) is 59.1 Å². The number of hydrogen-bond acceptors (Lipinski definition) is 2. The summed E-state index contributed by atoms with van der Waals surface area (Å²) in [5, 5.41) is 9.26. The Labute approximate surface area is 124 Å². The maximum atomic E-state index is 8.44. The summed E-state index contributed by atoms with van der Waals surface area (Å²) in [6.07, 6.45) is 0.723. The first kappa shape index (κ1) is 17.4. The molecule has 0 heterocycles. The monoisotopic (exact) mass is 308 g/mol. The van der Waals surface area contributed by atoms with Crippen LogP contribution in [0.1, 0.15) is 12.0 Å². The second kappa shape index (κ2) is 11.5. The molecule has 18 heavy (non-hydrogen) atoms. The Bertz CT molecular complexity index is 357. The third kappa shape index (κ3) is 8.51. The molecular formula is C14H17ClFeO2. The van der Waals surface area contributed by atoms with Gasteiger partial charge in [0.1, 0.15) is 0 Å². The van der Waals surface area contributed by atoms with E-state index >= 15 is 0 Å². The van der Waals surface area contributed by atoms with Crippen LogP contribution in [-0.4, -0.2) is 18.3 Å². The molecule has 0 aliphatic heterocycles. The van der Waals surface area contributed by atoms with E-state index in [2.05, 4.69) is 0 Å². The first-order chi connectivity index (χ1) is 8.33. The number of aliphatic hydroxyl groups is 1. The molecule has 0 radical (unpaired) electrons. The summed E-state index contributed by atoms with van der Waals surface area (Å²) in [7, 11) is 0. The zero-order chi connectivity index (χ0) is 12.3. The van der Waals surface area contributed by atoms with Gasteiger partial charge in [-0.2, -0.15) is 30.3 Å². The molecule has 0 unspecified atom stereocenters. The van der Waals surface area contributed by atoms with E-state index in [-0.39, 0.29) is 23.7 Å². The molecule has 2 aromatic rings. The second-order valence-corrected chi connectivity index (χ2v) is 3.96. The van der Waals surface area contributed by atoms with E-state index in [0.29, 0.717) is 13.2 Å². The molecular weight excluding hydrogens is 291 g/mol. The van der Waals surface area contributed by atoms with Gasteiger partial charge in [-0.15, -0.1) is 17.2 Å². The van der Waals surface area contributed by atoms with Gasteiger partial charge in [0.25, 0.3) is 0 Å². The molecule has 0 amide bonds. The van der Waals surface area contributed by atoms with E-state index < -0.39 is 0 Å². The Morgan fingerprint density at radius 3 is 2.33 bits per heavy atom. The first-order valence-electron chi connectivity index (χ1n) is 5.59. The van der Waals surface area contributed by atoms with E-state index in [1.54, 1.807) is 0 Å². The molecule has 4 heteroatoms. The predicted molar refractivity (Wildman–Crippen MR) is 70.4 cm³/mol. The summed E-state index contributed by atoms with van der Waals surface area (Å²) in [5.41, 5.74) is 1.20. The van der Waals surface area contributed by atoms with E-state index in [0.717, 1.165) is 11.4 Å². The van der Waals surface area contributed by atoms with Crippen molar-refractivity contribution in [2.24, 2.45) is 0 Å². The van der Waals surface area contributed by atoms with Crippen LogP contribution >= 0.6 is 11.6 Å². The third-order valence-corrected chi connectivity index (χ3v) is 2.32. The molecule has 2 aromatic carbocycles. The zero-order valence-electron chi connectivity index (χ0n) is 10.0. The van der Waals surface area contributed by atoms with Gasteiger partial charge >= 0.3 is 17.1 Å². The van der Waals surface area contributed by atoms with Gasteiger partial charge in [0.15, 0.2) is 0 Å². The number of hydrogen-bond donors (Lipinski definition) is 1. The average Bonchev–Trinajstić information content (AvgIpc) is 2.98. The normalized spacial score (nSPS) is 9.22. The van der Waals surface area contributed by atoms with Crippen molar-refractivity contribution in [1.29, 1.82) is 0 Å². The summed E-state index contributed by atoms with van der Waals surface area (Å²) in [6, 6.07) is 15.5. The summed E-state index contributed by atoms with van der Waals surface area (Å²) in [6.45, 7) is 1.51. The molecule has 0 atom stereocenters. The SMILES string of the molecule is Clc1ccc[cH-]1.OCCCOCc1ccc[cH-]1.[Fe+2]. The molecule has 2 nitrogen and oxygen atoms in total. The van der Waals surface area contributed by atoms with Crippen LogP contribution in [0.15, 0.2) is 48.5 Å². The Hall–Kier alpha value is -0.571. The topological polar surface area (TPSA) is 29.5 Å². The number of halogens is 1. The van der Waals surface area contributed by atoms with E-state index in [1.165, 1.54) is 5.56 Å². The maximum Gasteiger partial charge on any atom is 2.00 e. The summed E-state index contributed by atoms with van der Waals surface area (Å²) < 4.78 is 5.26. The minimum Gasteiger partial charge on any atom is -0.396 e. The van der Waals surface area contributed by atoms with Gasteiger partial charge in [-0.1, -0.05) is 5.02 Å². The maximum absolute atomic E-state index is 8.44. The quantitative estimate of drug-likeness (QED) is 0.521. The van der Waals surface area contributed by atoms with Gasteiger partial charge in [-0.05, 0) is 6.42 Å². The predicted octanol–water partition coefficient (Wildman–Crippen LogP) is 3.36. The van der Waals surface area contributed by atoms with Gasteiger partial charge < -0.3 is 9.84 Å². The molecule has 0 aliphatic carbocycles. The zero-order valence-corrected chi connectivity index (χ0v) is 11.9. The Morgan fingerprint density at radius 2 is 1.89 bits per heavy atom. The molecule has 0 bridgehead atoms. The van der Waals surface area contributed by atoms with Crippen molar-refractivity contribution < 1.29 is 26.9 Å². The molecule has 1 N–H and O–H groups in total. The van der Waals surface area contributed by atoms with Crippen LogP contribution in [0.5, 0.6) is 0 Å². The molecule has 0 fully saturated rings. The largest absolute Gasteiger partial charge is 2.00 e. The standard InChI is InChI=1S/C9H13O2.C5H4Cl.Fe/c10-6-3-7-11-8-9-4-1-2-5-9;6-5-3-1-2-4-5;/h1-2,4-5,10H,3,6-8H2;1-4H;/q2*-1;+2. The molecule has 0 aliphatic rings.